The lowest BCUT2D eigenvalue weighted by Crippen LogP contribution is -2.45. The van der Waals surface area contributed by atoms with Gasteiger partial charge in [-0.2, -0.15) is 0 Å². The van der Waals surface area contributed by atoms with E-state index in [0.29, 0.717) is 31.4 Å². The molecule has 14 heteroatoms. The first-order valence-electron chi connectivity index (χ1n) is 20.2. The Morgan fingerprint density at radius 2 is 1.54 bits per heavy atom. The lowest BCUT2D eigenvalue weighted by Gasteiger charge is -2.24. The molecule has 2 aromatic rings. The summed E-state index contributed by atoms with van der Waals surface area (Å²) < 4.78 is 39.8. The van der Waals surface area contributed by atoms with Crippen molar-refractivity contribution in [2.45, 2.75) is 110 Å². The molecule has 0 aliphatic rings. The maximum atomic E-state index is 13.3. The number of hydrogen-bond acceptors (Lipinski definition) is 10. The normalized spacial score (nSPS) is 11.5. The molecule has 0 saturated carbocycles. The SMILES string of the molecule is CCCCCCCCCCC#Cc1ccc(C(=O)OC)c(OC[C@H](CCCCNC(=O)OCc2ccccc2)NC(=O)CN(C)C(=O)CP(=O)(OCC)OCC)c1. The fourth-order valence-electron chi connectivity index (χ4n) is 5.76. The fraction of sp³-hybridized carbons (Fsp3) is 0.581. The van der Waals surface area contributed by atoms with E-state index < -0.39 is 43.7 Å². The number of amides is 3. The van der Waals surface area contributed by atoms with Crippen LogP contribution in [-0.4, -0.2) is 88.0 Å². The van der Waals surface area contributed by atoms with E-state index in [0.717, 1.165) is 29.7 Å². The number of esters is 1. The fourth-order valence-corrected chi connectivity index (χ4v) is 7.38. The Balaban J connectivity index is 2.07. The topological polar surface area (TPSA) is 159 Å². The van der Waals surface area contributed by atoms with E-state index in [9.17, 15) is 23.7 Å². The van der Waals surface area contributed by atoms with Crippen molar-refractivity contribution in [2.24, 2.45) is 0 Å². The van der Waals surface area contributed by atoms with Gasteiger partial charge in [0, 0.05) is 25.6 Å². The Morgan fingerprint density at radius 3 is 2.21 bits per heavy atom. The molecule has 0 bridgehead atoms. The molecule has 2 aromatic carbocycles. The molecule has 13 nitrogen and oxygen atoms in total. The van der Waals surface area contributed by atoms with Gasteiger partial charge in [0.15, 0.2) is 0 Å². The summed E-state index contributed by atoms with van der Waals surface area (Å²) in [7, 11) is -0.940. The molecule has 0 heterocycles. The van der Waals surface area contributed by atoms with Crippen molar-refractivity contribution in [1.82, 2.24) is 15.5 Å². The van der Waals surface area contributed by atoms with Crippen LogP contribution in [0.25, 0.3) is 0 Å². The number of ether oxygens (including phenoxy) is 3. The van der Waals surface area contributed by atoms with Crippen LogP contribution in [0.2, 0.25) is 0 Å². The minimum atomic E-state index is -3.66. The maximum Gasteiger partial charge on any atom is 0.407 e. The Kier molecular flexibility index (Phi) is 24.8. The van der Waals surface area contributed by atoms with Gasteiger partial charge in [0.1, 0.15) is 30.7 Å². The van der Waals surface area contributed by atoms with Crippen LogP contribution >= 0.6 is 7.60 Å². The number of benzene rings is 2. The molecule has 2 rings (SSSR count). The Labute approximate surface area is 339 Å². The second kappa shape index (κ2) is 28.9. The number of nitrogens with one attached hydrogen (secondary N) is 2. The van der Waals surface area contributed by atoms with Crippen molar-refractivity contribution >= 4 is 31.5 Å². The summed E-state index contributed by atoms with van der Waals surface area (Å²) in [5.74, 6) is 5.04. The van der Waals surface area contributed by atoms with Crippen LogP contribution in [0.5, 0.6) is 5.75 Å². The number of methoxy groups -OCH3 is 1. The first-order valence-corrected chi connectivity index (χ1v) is 22.0. The first kappa shape index (κ1) is 48.8. The van der Waals surface area contributed by atoms with E-state index in [4.69, 9.17) is 23.3 Å². The Bertz CT molecular complexity index is 1600. The highest BCUT2D eigenvalue weighted by Crippen LogP contribution is 2.47. The standard InChI is InChI=1S/C43H64N3O10P/c1-6-9-10-11-12-13-14-15-16-18-23-35-27-28-38(42(49)52-5)39(30-35)53-33-37(26-21-22-29-44-43(50)54-32-36-24-19-17-20-25-36)45-40(47)31-46(4)41(48)34-57(51,55-7-2)56-8-3/h17,19-20,24-25,27-28,30,37H,6-16,21-22,26,29,31-34H2,1-5H3,(H,44,50)(H,45,47)/t37-/m0/s1. The third-order valence-corrected chi connectivity index (χ3v) is 10.8. The molecular weight excluding hydrogens is 749 g/mol. The van der Waals surface area contributed by atoms with Gasteiger partial charge in [0.25, 0.3) is 0 Å². The van der Waals surface area contributed by atoms with Crippen LogP contribution in [0.15, 0.2) is 48.5 Å². The van der Waals surface area contributed by atoms with Crippen LogP contribution in [-0.2, 0) is 39.3 Å². The van der Waals surface area contributed by atoms with Gasteiger partial charge < -0.3 is 38.8 Å². The van der Waals surface area contributed by atoms with Gasteiger partial charge in [0.05, 0.1) is 32.9 Å². The van der Waals surface area contributed by atoms with E-state index >= 15 is 0 Å². The molecule has 0 saturated heterocycles. The molecule has 316 valence electrons. The van der Waals surface area contributed by atoms with Crippen molar-refractivity contribution in [3.05, 3.63) is 65.2 Å². The summed E-state index contributed by atoms with van der Waals surface area (Å²) in [6.07, 6.45) is 11.1. The van der Waals surface area contributed by atoms with Gasteiger partial charge in [-0.3, -0.25) is 14.2 Å². The zero-order chi connectivity index (χ0) is 41.7. The van der Waals surface area contributed by atoms with Crippen molar-refractivity contribution in [3.8, 4) is 17.6 Å². The number of alkyl carbamates (subject to hydrolysis) is 1. The average molecular weight is 814 g/mol. The quantitative estimate of drug-likeness (QED) is 0.0373. The summed E-state index contributed by atoms with van der Waals surface area (Å²) >= 11 is 0. The van der Waals surface area contributed by atoms with E-state index in [1.807, 2.05) is 30.3 Å². The molecular formula is C43H64N3O10P. The molecule has 0 aliphatic heterocycles. The van der Waals surface area contributed by atoms with Crippen LogP contribution in [0.1, 0.15) is 119 Å². The number of likely N-dealkylation sites (N-methyl/N-ethyl adjacent to an activating group) is 1. The minimum Gasteiger partial charge on any atom is -0.491 e. The highest BCUT2D eigenvalue weighted by molar-refractivity contribution is 7.54. The number of rotatable bonds is 28. The molecule has 0 fully saturated rings. The van der Waals surface area contributed by atoms with Gasteiger partial charge in [-0.15, -0.1) is 0 Å². The summed E-state index contributed by atoms with van der Waals surface area (Å²) in [6.45, 7) is 5.90. The number of nitrogens with zero attached hydrogens (tertiary/aromatic N) is 1. The molecule has 3 amide bonds. The minimum absolute atomic E-state index is 0.0149. The van der Waals surface area contributed by atoms with Crippen molar-refractivity contribution in [2.75, 3.05) is 53.2 Å². The van der Waals surface area contributed by atoms with E-state index in [1.54, 1.807) is 32.0 Å². The number of hydrogen-bond donors (Lipinski definition) is 2. The lowest BCUT2D eigenvalue weighted by atomic mass is 10.1. The summed E-state index contributed by atoms with van der Waals surface area (Å²) in [5, 5.41) is 5.67. The molecule has 0 radical (unpaired) electrons. The Hall–Kier alpha value is -4.37. The molecule has 0 aromatic heterocycles. The van der Waals surface area contributed by atoms with Crippen LogP contribution in [0.3, 0.4) is 0 Å². The van der Waals surface area contributed by atoms with Crippen molar-refractivity contribution < 1.29 is 47.0 Å². The third-order valence-electron chi connectivity index (χ3n) is 8.83. The summed E-state index contributed by atoms with van der Waals surface area (Å²) in [5.41, 5.74) is 1.77. The van der Waals surface area contributed by atoms with Gasteiger partial charge >= 0.3 is 19.7 Å². The van der Waals surface area contributed by atoms with Gasteiger partial charge in [-0.25, -0.2) is 9.59 Å². The zero-order valence-corrected chi connectivity index (χ0v) is 35.5. The van der Waals surface area contributed by atoms with Gasteiger partial charge in [-0.05, 0) is 63.3 Å². The molecule has 57 heavy (non-hydrogen) atoms. The maximum absolute atomic E-state index is 13.3. The smallest absolute Gasteiger partial charge is 0.407 e. The second-order valence-electron chi connectivity index (χ2n) is 13.6. The molecule has 0 unspecified atom stereocenters. The van der Waals surface area contributed by atoms with E-state index in [-0.39, 0.29) is 44.3 Å². The highest BCUT2D eigenvalue weighted by atomic mass is 31.2. The van der Waals surface area contributed by atoms with E-state index in [2.05, 4.69) is 29.4 Å². The first-order chi connectivity index (χ1) is 27.5. The average Bonchev–Trinajstić information content (AvgIpc) is 3.19. The zero-order valence-electron chi connectivity index (χ0n) is 34.6. The summed E-state index contributed by atoms with van der Waals surface area (Å²) in [4.78, 5) is 52.2. The largest absolute Gasteiger partial charge is 0.491 e. The molecule has 0 aliphatic carbocycles. The Morgan fingerprint density at radius 1 is 0.860 bits per heavy atom. The highest BCUT2D eigenvalue weighted by Gasteiger charge is 2.30. The third kappa shape index (κ3) is 21.1. The van der Waals surface area contributed by atoms with Crippen molar-refractivity contribution in [1.29, 1.82) is 0 Å². The van der Waals surface area contributed by atoms with Crippen LogP contribution in [0.4, 0.5) is 4.79 Å². The predicted molar refractivity (Wildman–Crippen MR) is 221 cm³/mol. The lowest BCUT2D eigenvalue weighted by molar-refractivity contribution is -0.133. The number of unbranched alkanes of at least 4 members (excludes halogenated alkanes) is 9. The van der Waals surface area contributed by atoms with Gasteiger partial charge in [-0.1, -0.05) is 94.0 Å². The van der Waals surface area contributed by atoms with Crippen molar-refractivity contribution in [3.63, 3.8) is 0 Å². The second-order valence-corrected chi connectivity index (χ2v) is 15.7. The van der Waals surface area contributed by atoms with Crippen LogP contribution < -0.4 is 15.4 Å². The van der Waals surface area contributed by atoms with Gasteiger partial charge in [0.2, 0.25) is 11.8 Å². The van der Waals surface area contributed by atoms with E-state index in [1.165, 1.54) is 52.7 Å². The molecule has 2 N–H and O–H groups in total. The number of carbonyl (C=O) groups is 4. The number of carbonyl (C=O) groups excluding carboxylic acids is 4. The predicted octanol–water partition coefficient (Wildman–Crippen LogP) is 8.04. The van der Waals surface area contributed by atoms with Crippen LogP contribution in [0, 0.1) is 11.8 Å². The molecule has 0 spiro atoms. The monoisotopic (exact) mass is 813 g/mol. The summed E-state index contributed by atoms with van der Waals surface area (Å²) in [6, 6.07) is 13.9. The molecule has 1 atom stereocenters.